The van der Waals surface area contributed by atoms with Gasteiger partial charge in [0.25, 0.3) is 0 Å². The molecule has 0 aliphatic carbocycles. The molecule has 2 aliphatic heterocycles. The van der Waals surface area contributed by atoms with E-state index in [2.05, 4.69) is 115 Å². The molecular formula is C39H56N6. The number of allylic oxidation sites excluding steroid dienone is 3. The lowest BCUT2D eigenvalue weighted by Gasteiger charge is -2.38. The molecule has 2 aromatic rings. The van der Waals surface area contributed by atoms with Crippen molar-refractivity contribution in [2.45, 2.75) is 79.7 Å². The number of aryl methyl sites for hydroxylation is 1. The largest absolute Gasteiger partial charge is 0.368 e. The highest BCUT2D eigenvalue weighted by Gasteiger charge is 2.22. The summed E-state index contributed by atoms with van der Waals surface area (Å²) in [6.45, 7) is 22.4. The number of benzene rings is 2. The van der Waals surface area contributed by atoms with E-state index < -0.39 is 0 Å². The third kappa shape index (κ3) is 9.59. The number of rotatable bonds is 14. The Morgan fingerprint density at radius 3 is 2.04 bits per heavy atom. The highest BCUT2D eigenvalue weighted by Crippen LogP contribution is 2.27. The van der Waals surface area contributed by atoms with Gasteiger partial charge in [-0.1, -0.05) is 58.1 Å². The zero-order chi connectivity index (χ0) is 32.2. The predicted octanol–water partition coefficient (Wildman–Crippen LogP) is 8.93. The van der Waals surface area contributed by atoms with E-state index in [4.69, 9.17) is 0 Å². The van der Waals surface area contributed by atoms with Crippen molar-refractivity contribution in [2.24, 2.45) is 21.9 Å². The lowest BCUT2D eigenvalue weighted by Crippen LogP contribution is -2.46. The molecule has 1 fully saturated rings. The highest BCUT2D eigenvalue weighted by molar-refractivity contribution is 5.84. The lowest BCUT2D eigenvalue weighted by atomic mass is 9.87. The van der Waals surface area contributed by atoms with E-state index in [1.165, 1.54) is 41.9 Å². The van der Waals surface area contributed by atoms with Crippen LogP contribution in [0.5, 0.6) is 0 Å². The molecule has 2 heterocycles. The Hall–Kier alpha value is -3.80. The summed E-state index contributed by atoms with van der Waals surface area (Å²) in [5, 5.41) is 6.70. The van der Waals surface area contributed by atoms with E-state index in [-0.39, 0.29) is 0 Å². The molecule has 6 nitrogen and oxygen atoms in total. The van der Waals surface area contributed by atoms with Crippen LogP contribution in [0, 0.1) is 11.8 Å². The van der Waals surface area contributed by atoms with Crippen molar-refractivity contribution in [1.29, 1.82) is 0 Å². The van der Waals surface area contributed by atoms with Gasteiger partial charge in [0.15, 0.2) is 0 Å². The summed E-state index contributed by atoms with van der Waals surface area (Å²) < 4.78 is 0. The smallest absolute Gasteiger partial charge is 0.116 e. The molecular weight excluding hydrogens is 552 g/mol. The third-order valence-electron chi connectivity index (χ3n) is 9.61. The fourth-order valence-electron chi connectivity index (χ4n) is 6.20. The number of hydrogen-bond acceptors (Lipinski definition) is 6. The normalized spacial score (nSPS) is 18.4. The van der Waals surface area contributed by atoms with Crippen molar-refractivity contribution in [3.63, 3.8) is 0 Å². The average molecular weight is 609 g/mol. The van der Waals surface area contributed by atoms with Gasteiger partial charge in [0.05, 0.1) is 6.54 Å². The first-order valence-corrected chi connectivity index (χ1v) is 17.1. The van der Waals surface area contributed by atoms with Crippen molar-refractivity contribution in [3.05, 3.63) is 90.8 Å². The second-order valence-corrected chi connectivity index (χ2v) is 12.8. The van der Waals surface area contributed by atoms with Gasteiger partial charge in [-0.15, -0.1) is 0 Å². The van der Waals surface area contributed by atoms with Crippen LogP contribution in [-0.4, -0.2) is 55.8 Å². The molecule has 0 spiro atoms. The number of aliphatic imine (C=N–C) groups is 1. The quantitative estimate of drug-likeness (QED) is 0.159. The minimum atomic E-state index is 0.374. The molecule has 0 N–H and O–H groups in total. The van der Waals surface area contributed by atoms with E-state index in [0.29, 0.717) is 12.0 Å². The fourth-order valence-corrected chi connectivity index (χ4v) is 6.20. The van der Waals surface area contributed by atoms with Crippen molar-refractivity contribution < 1.29 is 0 Å². The van der Waals surface area contributed by atoms with Gasteiger partial charge < -0.3 is 14.7 Å². The standard InChI is InChI=1S/C39H56N6/c1-8-11-12-23-40-34(7)31(4)28-35(10-3)13-14-36-15-17-37(18-16-36)42-24-26-43(27-25-42)38-19-21-39(22-20-38)44-29-33(6)45(41-30-44)32(5)9-2/h8,11-12,15-23,30-32,35H,6,9-10,13-14,24-29H2,1-5,7H3/b11-8-,23-12-,40-34?/t31?,32?,35-/m0/s1. The van der Waals surface area contributed by atoms with Gasteiger partial charge in [-0.2, -0.15) is 5.10 Å². The monoisotopic (exact) mass is 608 g/mol. The summed E-state index contributed by atoms with van der Waals surface area (Å²) >= 11 is 0. The summed E-state index contributed by atoms with van der Waals surface area (Å²) in [5.41, 5.74) is 7.49. The zero-order valence-electron chi connectivity index (χ0n) is 28.7. The van der Waals surface area contributed by atoms with Gasteiger partial charge in [-0.25, -0.2) is 0 Å². The van der Waals surface area contributed by atoms with E-state index >= 15 is 0 Å². The summed E-state index contributed by atoms with van der Waals surface area (Å²) in [5.74, 6) is 1.23. The highest BCUT2D eigenvalue weighted by atomic mass is 15.5. The Morgan fingerprint density at radius 2 is 1.49 bits per heavy atom. The molecule has 0 bridgehead atoms. The molecule has 4 rings (SSSR count). The summed E-state index contributed by atoms with van der Waals surface area (Å²) in [6.07, 6.45) is 15.7. The lowest BCUT2D eigenvalue weighted by molar-refractivity contribution is 0.266. The molecule has 0 aromatic heterocycles. The summed E-state index contributed by atoms with van der Waals surface area (Å²) in [6, 6.07) is 18.6. The second-order valence-electron chi connectivity index (χ2n) is 12.8. The molecule has 0 amide bonds. The number of anilines is 3. The number of hydrazone groups is 1. The van der Waals surface area contributed by atoms with Gasteiger partial charge in [-0.05, 0) is 106 Å². The van der Waals surface area contributed by atoms with Crippen molar-refractivity contribution in [2.75, 3.05) is 47.4 Å². The number of piperazine rings is 1. The van der Waals surface area contributed by atoms with Crippen molar-refractivity contribution in [1.82, 2.24) is 5.01 Å². The van der Waals surface area contributed by atoms with Crippen LogP contribution in [0.1, 0.15) is 72.8 Å². The maximum Gasteiger partial charge on any atom is 0.116 e. The molecule has 2 unspecified atom stereocenters. The predicted molar refractivity (Wildman–Crippen MR) is 197 cm³/mol. The van der Waals surface area contributed by atoms with Gasteiger partial charge in [0.1, 0.15) is 6.34 Å². The Morgan fingerprint density at radius 1 is 0.889 bits per heavy atom. The van der Waals surface area contributed by atoms with Crippen LogP contribution in [0.25, 0.3) is 0 Å². The van der Waals surface area contributed by atoms with Crippen LogP contribution in [0.15, 0.2) is 95.3 Å². The summed E-state index contributed by atoms with van der Waals surface area (Å²) in [4.78, 5) is 11.8. The molecule has 0 saturated carbocycles. The summed E-state index contributed by atoms with van der Waals surface area (Å²) in [7, 11) is 0. The first-order valence-electron chi connectivity index (χ1n) is 17.1. The maximum atomic E-state index is 4.66. The molecule has 45 heavy (non-hydrogen) atoms. The number of hydrogen-bond donors (Lipinski definition) is 0. The van der Waals surface area contributed by atoms with Crippen LogP contribution in [0.4, 0.5) is 17.1 Å². The second kappa shape index (κ2) is 17.0. The van der Waals surface area contributed by atoms with E-state index in [1.54, 1.807) is 0 Å². The van der Waals surface area contributed by atoms with Gasteiger partial charge in [-0.3, -0.25) is 10.0 Å². The third-order valence-corrected chi connectivity index (χ3v) is 9.61. The zero-order valence-corrected chi connectivity index (χ0v) is 28.7. The Kier molecular flexibility index (Phi) is 12.9. The first kappa shape index (κ1) is 34.1. The Balaban J connectivity index is 1.23. The van der Waals surface area contributed by atoms with Crippen LogP contribution >= 0.6 is 0 Å². The molecule has 0 radical (unpaired) electrons. The SMILES string of the molecule is C=C1CN(c2ccc(N3CCN(c4ccc(CC[C@H](CC)CC(C)C(C)=N/C=C\C=C/C)cc4)CC3)cc2)C=NN1C(C)CC. The average Bonchev–Trinajstić information content (AvgIpc) is 3.08. The topological polar surface area (TPSA) is 37.7 Å². The van der Waals surface area contributed by atoms with Crippen LogP contribution in [0.2, 0.25) is 0 Å². The van der Waals surface area contributed by atoms with Crippen LogP contribution < -0.4 is 14.7 Å². The van der Waals surface area contributed by atoms with Gasteiger partial charge >= 0.3 is 0 Å². The molecule has 3 atom stereocenters. The minimum Gasteiger partial charge on any atom is -0.368 e. The van der Waals surface area contributed by atoms with Gasteiger partial charge in [0, 0.05) is 66.9 Å². The van der Waals surface area contributed by atoms with Crippen LogP contribution in [0.3, 0.4) is 0 Å². The van der Waals surface area contributed by atoms with Crippen molar-refractivity contribution >= 4 is 29.1 Å². The molecule has 1 saturated heterocycles. The van der Waals surface area contributed by atoms with E-state index in [9.17, 15) is 0 Å². The first-order chi connectivity index (χ1) is 21.8. The Bertz CT molecular complexity index is 1310. The molecule has 6 heteroatoms. The maximum absolute atomic E-state index is 4.66. The molecule has 2 aromatic carbocycles. The molecule has 242 valence electrons. The fraction of sp³-hybridized carbons (Fsp3) is 0.487. The van der Waals surface area contributed by atoms with Crippen molar-refractivity contribution in [3.8, 4) is 0 Å². The van der Waals surface area contributed by atoms with Crippen LogP contribution in [-0.2, 0) is 6.42 Å². The van der Waals surface area contributed by atoms with E-state index in [1.807, 2.05) is 42.7 Å². The number of nitrogens with zero attached hydrogens (tertiary/aromatic N) is 6. The minimum absolute atomic E-state index is 0.374. The molecule has 2 aliphatic rings. The van der Waals surface area contributed by atoms with E-state index in [0.717, 1.165) is 62.9 Å². The van der Waals surface area contributed by atoms with Gasteiger partial charge in [0.2, 0.25) is 0 Å². The Labute approximate surface area is 273 Å².